The molecule has 2 rings (SSSR count). The zero-order valence-electron chi connectivity index (χ0n) is 12.6. The SMILES string of the molecule is CC(C)c1ccccc1OC(Cc1ccccc1Cl)C(=O)O. The molecule has 3 nitrogen and oxygen atoms in total. The molecule has 0 radical (unpaired) electrons. The highest BCUT2D eigenvalue weighted by Crippen LogP contribution is 2.28. The molecule has 22 heavy (non-hydrogen) atoms. The van der Waals surface area contributed by atoms with Gasteiger partial charge in [0.15, 0.2) is 6.10 Å². The fourth-order valence-electron chi connectivity index (χ4n) is 2.26. The van der Waals surface area contributed by atoms with Gasteiger partial charge in [0.1, 0.15) is 5.75 Å². The molecule has 0 spiro atoms. The smallest absolute Gasteiger partial charge is 0.345 e. The highest BCUT2D eigenvalue weighted by molar-refractivity contribution is 6.31. The molecule has 0 aliphatic rings. The number of hydrogen-bond donors (Lipinski definition) is 1. The van der Waals surface area contributed by atoms with Crippen LogP contribution in [-0.2, 0) is 11.2 Å². The van der Waals surface area contributed by atoms with Crippen molar-refractivity contribution < 1.29 is 14.6 Å². The molecule has 116 valence electrons. The molecule has 0 aromatic heterocycles. The molecule has 4 heteroatoms. The molecule has 2 aromatic carbocycles. The summed E-state index contributed by atoms with van der Waals surface area (Å²) in [4.78, 5) is 11.5. The zero-order valence-corrected chi connectivity index (χ0v) is 13.4. The number of carbonyl (C=O) groups is 1. The lowest BCUT2D eigenvalue weighted by atomic mass is 10.0. The number of halogens is 1. The largest absolute Gasteiger partial charge is 0.478 e. The van der Waals surface area contributed by atoms with Crippen molar-refractivity contribution in [3.63, 3.8) is 0 Å². The van der Waals surface area contributed by atoms with Crippen molar-refractivity contribution in [2.24, 2.45) is 0 Å². The van der Waals surface area contributed by atoms with E-state index in [2.05, 4.69) is 0 Å². The lowest BCUT2D eigenvalue weighted by Gasteiger charge is -2.19. The minimum atomic E-state index is -1.00. The summed E-state index contributed by atoms with van der Waals surface area (Å²) in [7, 11) is 0. The van der Waals surface area contributed by atoms with Crippen LogP contribution in [-0.4, -0.2) is 17.2 Å². The summed E-state index contributed by atoms with van der Waals surface area (Å²) < 4.78 is 5.77. The summed E-state index contributed by atoms with van der Waals surface area (Å²) in [6.07, 6.45) is -0.749. The van der Waals surface area contributed by atoms with Gasteiger partial charge in [0.05, 0.1) is 0 Å². The van der Waals surface area contributed by atoms with E-state index < -0.39 is 12.1 Å². The van der Waals surface area contributed by atoms with E-state index in [0.29, 0.717) is 10.8 Å². The van der Waals surface area contributed by atoms with Gasteiger partial charge in [0, 0.05) is 11.4 Å². The summed E-state index contributed by atoms with van der Waals surface area (Å²) in [6.45, 7) is 4.10. The minimum Gasteiger partial charge on any atom is -0.478 e. The molecule has 1 N–H and O–H groups in total. The van der Waals surface area contributed by atoms with Crippen molar-refractivity contribution in [2.75, 3.05) is 0 Å². The molecular weight excluding hydrogens is 300 g/mol. The third kappa shape index (κ3) is 4.01. The van der Waals surface area contributed by atoms with Crippen LogP contribution in [0.25, 0.3) is 0 Å². The maximum Gasteiger partial charge on any atom is 0.345 e. The molecule has 0 amide bonds. The summed E-state index contributed by atoms with van der Waals surface area (Å²) in [5, 5.41) is 10.00. The second-order valence-electron chi connectivity index (χ2n) is 5.43. The molecule has 0 fully saturated rings. The molecule has 0 aliphatic carbocycles. The van der Waals surface area contributed by atoms with Gasteiger partial charge in [-0.3, -0.25) is 0 Å². The first-order valence-electron chi connectivity index (χ1n) is 7.21. The zero-order chi connectivity index (χ0) is 16.1. The first-order valence-corrected chi connectivity index (χ1v) is 7.58. The lowest BCUT2D eigenvalue weighted by Crippen LogP contribution is -2.30. The van der Waals surface area contributed by atoms with Crippen molar-refractivity contribution in [2.45, 2.75) is 32.3 Å². The van der Waals surface area contributed by atoms with Gasteiger partial charge in [0.25, 0.3) is 0 Å². The molecule has 1 atom stereocenters. The van der Waals surface area contributed by atoms with Crippen LogP contribution in [0.3, 0.4) is 0 Å². The van der Waals surface area contributed by atoms with Gasteiger partial charge in [-0.25, -0.2) is 4.79 Å². The normalized spacial score (nSPS) is 12.2. The Morgan fingerprint density at radius 2 is 1.77 bits per heavy atom. The summed E-state index contributed by atoms with van der Waals surface area (Å²) >= 11 is 6.11. The number of aliphatic carboxylic acids is 1. The minimum absolute atomic E-state index is 0.224. The lowest BCUT2D eigenvalue weighted by molar-refractivity contribution is -0.145. The van der Waals surface area contributed by atoms with Crippen molar-refractivity contribution >= 4 is 17.6 Å². The predicted octanol–water partition coefficient (Wildman–Crippen LogP) is 4.54. The van der Waals surface area contributed by atoms with E-state index >= 15 is 0 Å². The Bertz CT molecular complexity index is 652. The first-order chi connectivity index (χ1) is 10.5. The van der Waals surface area contributed by atoms with Crippen molar-refractivity contribution in [1.82, 2.24) is 0 Å². The Morgan fingerprint density at radius 3 is 2.41 bits per heavy atom. The molecule has 0 saturated heterocycles. The van der Waals surface area contributed by atoms with Crippen LogP contribution in [0.2, 0.25) is 5.02 Å². The van der Waals surface area contributed by atoms with Gasteiger partial charge < -0.3 is 9.84 Å². The number of ether oxygens (including phenoxy) is 1. The van der Waals surface area contributed by atoms with Gasteiger partial charge in [-0.05, 0) is 29.2 Å². The van der Waals surface area contributed by atoms with Crippen LogP contribution in [0.1, 0.15) is 30.9 Å². The van der Waals surface area contributed by atoms with Gasteiger partial charge in [-0.2, -0.15) is 0 Å². The molecular formula is C18H19ClO3. The number of benzene rings is 2. The number of para-hydroxylation sites is 1. The number of rotatable bonds is 6. The molecule has 1 unspecified atom stereocenters. The third-order valence-electron chi connectivity index (χ3n) is 3.45. The summed E-state index contributed by atoms with van der Waals surface area (Å²) in [5.74, 6) is -0.138. The van der Waals surface area contributed by atoms with Crippen LogP contribution in [0.15, 0.2) is 48.5 Å². The van der Waals surface area contributed by atoms with E-state index in [1.807, 2.05) is 50.2 Å². The number of carboxylic acids is 1. The Morgan fingerprint density at radius 1 is 1.14 bits per heavy atom. The van der Waals surface area contributed by atoms with Crippen molar-refractivity contribution in [3.8, 4) is 5.75 Å². The standard InChI is InChI=1S/C18H19ClO3/c1-12(2)14-8-4-6-10-16(14)22-17(18(20)21)11-13-7-3-5-9-15(13)19/h3-10,12,17H,11H2,1-2H3,(H,20,21). The maximum atomic E-state index is 11.5. The Hall–Kier alpha value is -2.00. The van der Waals surface area contributed by atoms with Crippen molar-refractivity contribution in [3.05, 3.63) is 64.7 Å². The van der Waals surface area contributed by atoms with Crippen LogP contribution in [0, 0.1) is 0 Å². The highest BCUT2D eigenvalue weighted by Gasteiger charge is 2.22. The van der Waals surface area contributed by atoms with Gasteiger partial charge >= 0.3 is 5.97 Å². The second kappa shape index (κ2) is 7.32. The van der Waals surface area contributed by atoms with Gasteiger partial charge in [0.2, 0.25) is 0 Å². The highest BCUT2D eigenvalue weighted by atomic mass is 35.5. The van der Waals surface area contributed by atoms with Crippen LogP contribution in [0.5, 0.6) is 5.75 Å². The molecule has 0 aliphatic heterocycles. The van der Waals surface area contributed by atoms with Crippen LogP contribution >= 0.6 is 11.6 Å². The Labute approximate surface area is 135 Å². The predicted molar refractivity (Wildman–Crippen MR) is 87.7 cm³/mol. The van der Waals surface area contributed by atoms with Gasteiger partial charge in [-0.1, -0.05) is 61.8 Å². The third-order valence-corrected chi connectivity index (χ3v) is 3.82. The monoisotopic (exact) mass is 318 g/mol. The van der Waals surface area contributed by atoms with E-state index in [9.17, 15) is 9.90 Å². The Balaban J connectivity index is 2.24. The van der Waals surface area contributed by atoms with E-state index in [1.165, 1.54) is 0 Å². The summed E-state index contributed by atoms with van der Waals surface area (Å²) in [5.41, 5.74) is 1.76. The first kappa shape index (κ1) is 16.4. The van der Waals surface area contributed by atoms with Crippen LogP contribution in [0.4, 0.5) is 0 Å². The van der Waals surface area contributed by atoms with Crippen molar-refractivity contribution in [1.29, 1.82) is 0 Å². The molecule has 2 aromatic rings. The Kier molecular flexibility index (Phi) is 5.45. The average Bonchev–Trinajstić information content (AvgIpc) is 2.49. The van der Waals surface area contributed by atoms with Gasteiger partial charge in [-0.15, -0.1) is 0 Å². The quantitative estimate of drug-likeness (QED) is 0.850. The van der Waals surface area contributed by atoms with E-state index in [1.54, 1.807) is 12.1 Å². The topological polar surface area (TPSA) is 46.5 Å². The van der Waals surface area contributed by atoms with E-state index in [0.717, 1.165) is 11.1 Å². The number of hydrogen-bond acceptors (Lipinski definition) is 2. The summed E-state index contributed by atoms with van der Waals surface area (Å²) in [6, 6.07) is 14.7. The average molecular weight is 319 g/mol. The number of carboxylic acid groups (broad SMARTS) is 1. The van der Waals surface area contributed by atoms with E-state index in [-0.39, 0.29) is 12.3 Å². The molecule has 0 heterocycles. The molecule has 0 bridgehead atoms. The molecule has 0 saturated carbocycles. The van der Waals surface area contributed by atoms with Crippen LogP contribution < -0.4 is 4.74 Å². The fraction of sp³-hybridized carbons (Fsp3) is 0.278. The maximum absolute atomic E-state index is 11.5. The second-order valence-corrected chi connectivity index (χ2v) is 5.84. The van der Waals surface area contributed by atoms with E-state index in [4.69, 9.17) is 16.3 Å². The fourth-order valence-corrected chi connectivity index (χ4v) is 2.47.